The molecule has 1 saturated heterocycles. The number of carbonyl (C=O) groups is 1. The number of fused-ring (bicyclic) bond motifs is 1. The van der Waals surface area contributed by atoms with Gasteiger partial charge in [0, 0.05) is 31.6 Å². The highest BCUT2D eigenvalue weighted by atomic mass is 32.1. The van der Waals surface area contributed by atoms with Gasteiger partial charge in [-0.3, -0.25) is 4.79 Å². The van der Waals surface area contributed by atoms with Gasteiger partial charge in [0.05, 0.1) is 10.4 Å². The molecule has 4 rings (SSSR count). The summed E-state index contributed by atoms with van der Waals surface area (Å²) in [7, 11) is 0. The zero-order valence-corrected chi connectivity index (χ0v) is 13.5. The second kappa shape index (κ2) is 6.01. The molecule has 3 aromatic rings. The zero-order chi connectivity index (χ0) is 15.6. The highest BCUT2D eigenvalue weighted by Gasteiger charge is 2.23. The summed E-state index contributed by atoms with van der Waals surface area (Å²) in [4.78, 5) is 22.1. The largest absolute Gasteiger partial charge is 0.353 e. The van der Waals surface area contributed by atoms with Crippen molar-refractivity contribution in [2.45, 2.75) is 0 Å². The van der Waals surface area contributed by atoms with Gasteiger partial charge < -0.3 is 9.80 Å². The molecule has 116 valence electrons. The van der Waals surface area contributed by atoms with E-state index < -0.39 is 0 Å². The van der Waals surface area contributed by atoms with Gasteiger partial charge >= 0.3 is 0 Å². The first-order valence-electron chi connectivity index (χ1n) is 7.75. The van der Waals surface area contributed by atoms with Crippen LogP contribution in [0.3, 0.4) is 0 Å². The number of piperazine rings is 1. The minimum absolute atomic E-state index is 0.145. The van der Waals surface area contributed by atoms with Gasteiger partial charge in [0.1, 0.15) is 5.82 Å². The van der Waals surface area contributed by atoms with Crippen LogP contribution in [0.4, 0.5) is 5.82 Å². The molecule has 0 bridgehead atoms. The van der Waals surface area contributed by atoms with Gasteiger partial charge in [0.15, 0.2) is 0 Å². The molecule has 3 heterocycles. The third-order valence-electron chi connectivity index (χ3n) is 4.21. The molecule has 1 aliphatic heterocycles. The lowest BCUT2D eigenvalue weighted by molar-refractivity contribution is 0.0751. The van der Waals surface area contributed by atoms with Crippen LogP contribution in [0.15, 0.2) is 53.9 Å². The maximum Gasteiger partial charge on any atom is 0.264 e. The number of para-hydroxylation sites is 1. The van der Waals surface area contributed by atoms with E-state index in [1.165, 1.54) is 11.3 Å². The minimum Gasteiger partial charge on any atom is -0.353 e. The van der Waals surface area contributed by atoms with Crippen molar-refractivity contribution in [3.8, 4) is 0 Å². The van der Waals surface area contributed by atoms with Gasteiger partial charge in [-0.15, -0.1) is 11.3 Å². The fourth-order valence-corrected chi connectivity index (χ4v) is 3.62. The molecule has 0 aliphatic carbocycles. The first kappa shape index (κ1) is 14.2. The number of amides is 1. The molecule has 2 aromatic heterocycles. The van der Waals surface area contributed by atoms with Crippen molar-refractivity contribution in [3.05, 3.63) is 58.8 Å². The van der Waals surface area contributed by atoms with E-state index in [1.54, 1.807) is 0 Å². The van der Waals surface area contributed by atoms with E-state index in [4.69, 9.17) is 4.98 Å². The average Bonchev–Trinajstić information content (AvgIpc) is 3.15. The van der Waals surface area contributed by atoms with Crippen molar-refractivity contribution in [3.63, 3.8) is 0 Å². The van der Waals surface area contributed by atoms with Gasteiger partial charge in [-0.05, 0) is 29.6 Å². The van der Waals surface area contributed by atoms with Gasteiger partial charge in [0.25, 0.3) is 5.91 Å². The fourth-order valence-electron chi connectivity index (χ4n) is 2.93. The van der Waals surface area contributed by atoms with Crippen LogP contribution >= 0.6 is 11.3 Å². The van der Waals surface area contributed by atoms with Crippen LogP contribution in [-0.2, 0) is 0 Å². The van der Waals surface area contributed by atoms with Gasteiger partial charge in [-0.25, -0.2) is 4.98 Å². The molecule has 0 radical (unpaired) electrons. The maximum absolute atomic E-state index is 12.4. The third-order valence-corrected chi connectivity index (χ3v) is 5.06. The van der Waals surface area contributed by atoms with Gasteiger partial charge in [-0.1, -0.05) is 24.3 Å². The Hall–Kier alpha value is -2.40. The molecule has 0 N–H and O–H groups in total. The van der Waals surface area contributed by atoms with Crippen molar-refractivity contribution >= 4 is 34.0 Å². The minimum atomic E-state index is 0.145. The van der Waals surface area contributed by atoms with Gasteiger partial charge in [-0.2, -0.15) is 0 Å². The SMILES string of the molecule is O=C(c1cccs1)N1CCN(c2ccc3ccccc3n2)CC1. The average molecular weight is 323 g/mol. The Balaban J connectivity index is 1.47. The summed E-state index contributed by atoms with van der Waals surface area (Å²) in [5, 5.41) is 3.10. The summed E-state index contributed by atoms with van der Waals surface area (Å²) >= 11 is 1.51. The van der Waals surface area contributed by atoms with Crippen molar-refractivity contribution in [1.82, 2.24) is 9.88 Å². The first-order valence-corrected chi connectivity index (χ1v) is 8.63. The second-order valence-corrected chi connectivity index (χ2v) is 6.57. The number of anilines is 1. The molecule has 0 saturated carbocycles. The van der Waals surface area contributed by atoms with E-state index in [0.717, 1.165) is 47.8 Å². The lowest BCUT2D eigenvalue weighted by atomic mass is 10.2. The molecule has 0 spiro atoms. The van der Waals surface area contributed by atoms with E-state index in [9.17, 15) is 4.79 Å². The topological polar surface area (TPSA) is 36.4 Å². The summed E-state index contributed by atoms with van der Waals surface area (Å²) in [6.07, 6.45) is 0. The maximum atomic E-state index is 12.4. The van der Waals surface area contributed by atoms with Crippen molar-refractivity contribution in [2.75, 3.05) is 31.1 Å². The number of hydrogen-bond acceptors (Lipinski definition) is 4. The number of carbonyl (C=O) groups excluding carboxylic acids is 1. The van der Waals surface area contributed by atoms with Crippen LogP contribution in [0, 0.1) is 0 Å². The third kappa shape index (κ3) is 2.80. The number of rotatable bonds is 2. The molecule has 1 aliphatic rings. The standard InChI is InChI=1S/C18H17N3OS/c22-18(16-6-3-13-23-16)21-11-9-20(10-12-21)17-8-7-14-4-1-2-5-15(14)19-17/h1-8,13H,9-12H2. The number of aromatic nitrogens is 1. The van der Waals surface area contributed by atoms with Crippen LogP contribution in [0.5, 0.6) is 0 Å². The summed E-state index contributed by atoms with van der Waals surface area (Å²) in [5.41, 5.74) is 1.02. The second-order valence-electron chi connectivity index (χ2n) is 5.62. The first-order chi connectivity index (χ1) is 11.3. The van der Waals surface area contributed by atoms with Crippen LogP contribution < -0.4 is 4.90 Å². The summed E-state index contributed by atoms with van der Waals surface area (Å²) in [6.45, 7) is 3.13. The lowest BCUT2D eigenvalue weighted by Crippen LogP contribution is -2.48. The Bertz CT molecular complexity index is 823. The lowest BCUT2D eigenvalue weighted by Gasteiger charge is -2.35. The molecule has 1 amide bonds. The van der Waals surface area contributed by atoms with Crippen molar-refractivity contribution in [2.24, 2.45) is 0 Å². The monoisotopic (exact) mass is 323 g/mol. The van der Waals surface area contributed by atoms with E-state index >= 15 is 0 Å². The zero-order valence-electron chi connectivity index (χ0n) is 12.7. The molecule has 1 aromatic carbocycles. The summed E-state index contributed by atoms with van der Waals surface area (Å²) in [5.74, 6) is 1.14. The van der Waals surface area contributed by atoms with Gasteiger partial charge in [0.2, 0.25) is 0 Å². The Labute approximate surface area is 139 Å². The summed E-state index contributed by atoms with van der Waals surface area (Å²) < 4.78 is 0. The molecular formula is C18H17N3OS. The molecule has 23 heavy (non-hydrogen) atoms. The molecule has 0 atom stereocenters. The van der Waals surface area contributed by atoms with Crippen LogP contribution in [0.25, 0.3) is 10.9 Å². The fraction of sp³-hybridized carbons (Fsp3) is 0.222. The number of benzene rings is 1. The van der Waals surface area contributed by atoms with E-state index in [1.807, 2.05) is 40.6 Å². The predicted molar refractivity (Wildman–Crippen MR) is 94.2 cm³/mol. The van der Waals surface area contributed by atoms with E-state index in [0.29, 0.717) is 0 Å². The highest BCUT2D eigenvalue weighted by molar-refractivity contribution is 7.12. The molecular weight excluding hydrogens is 306 g/mol. The van der Waals surface area contributed by atoms with Crippen LogP contribution in [0.1, 0.15) is 9.67 Å². The van der Waals surface area contributed by atoms with Crippen molar-refractivity contribution < 1.29 is 4.79 Å². The molecule has 0 unspecified atom stereocenters. The highest BCUT2D eigenvalue weighted by Crippen LogP contribution is 2.20. The number of hydrogen-bond donors (Lipinski definition) is 0. The normalized spacial score (nSPS) is 15.1. The number of pyridine rings is 1. The molecule has 4 nitrogen and oxygen atoms in total. The summed E-state index contributed by atoms with van der Waals surface area (Å²) in [6, 6.07) is 16.1. The van der Waals surface area contributed by atoms with E-state index in [2.05, 4.69) is 23.1 Å². The van der Waals surface area contributed by atoms with E-state index in [-0.39, 0.29) is 5.91 Å². The molecule has 1 fully saturated rings. The predicted octanol–water partition coefficient (Wildman–Crippen LogP) is 3.26. The Morgan fingerprint density at radius 2 is 1.78 bits per heavy atom. The smallest absolute Gasteiger partial charge is 0.264 e. The Morgan fingerprint density at radius 3 is 2.57 bits per heavy atom. The molecule has 5 heteroatoms. The number of nitrogens with zero attached hydrogens (tertiary/aromatic N) is 3. The van der Waals surface area contributed by atoms with Crippen molar-refractivity contribution in [1.29, 1.82) is 0 Å². The quantitative estimate of drug-likeness (QED) is 0.726. The van der Waals surface area contributed by atoms with Crippen LogP contribution in [0.2, 0.25) is 0 Å². The number of thiophene rings is 1. The van der Waals surface area contributed by atoms with Crippen LogP contribution in [-0.4, -0.2) is 42.0 Å². The Morgan fingerprint density at radius 1 is 0.957 bits per heavy atom. The Kier molecular flexibility index (Phi) is 3.71.